The van der Waals surface area contributed by atoms with Gasteiger partial charge in [-0.3, -0.25) is 4.79 Å². The molecule has 0 fully saturated rings. The summed E-state index contributed by atoms with van der Waals surface area (Å²) < 4.78 is 27.5. The minimum Gasteiger partial charge on any atom is -0.491 e. The summed E-state index contributed by atoms with van der Waals surface area (Å²) in [4.78, 5) is 35.9. The van der Waals surface area contributed by atoms with Gasteiger partial charge in [0.1, 0.15) is 24.7 Å². The summed E-state index contributed by atoms with van der Waals surface area (Å²) in [5, 5.41) is 9.04. The van der Waals surface area contributed by atoms with Crippen molar-refractivity contribution in [2.24, 2.45) is 17.8 Å². The molecule has 0 bridgehead atoms. The third kappa shape index (κ3) is 11.5. The molecule has 0 spiro atoms. The van der Waals surface area contributed by atoms with Crippen LogP contribution in [0.25, 0.3) is 11.1 Å². The van der Waals surface area contributed by atoms with Gasteiger partial charge in [-0.25, -0.2) is 9.59 Å². The maximum atomic E-state index is 12.6. The zero-order valence-corrected chi connectivity index (χ0v) is 25.8. The Morgan fingerprint density at radius 1 is 0.636 bits per heavy atom. The lowest BCUT2D eigenvalue weighted by Gasteiger charge is -2.21. The van der Waals surface area contributed by atoms with Crippen LogP contribution >= 0.6 is 0 Å². The molecule has 0 aliphatic carbocycles. The van der Waals surface area contributed by atoms with Gasteiger partial charge in [-0.15, -0.1) is 0 Å². The van der Waals surface area contributed by atoms with E-state index in [-0.39, 0.29) is 30.0 Å². The summed E-state index contributed by atoms with van der Waals surface area (Å²) >= 11 is 0. The molecule has 1 atom stereocenters. The van der Waals surface area contributed by atoms with Crippen LogP contribution in [0.2, 0.25) is 0 Å². The van der Waals surface area contributed by atoms with Gasteiger partial charge in [-0.1, -0.05) is 52.0 Å². The van der Waals surface area contributed by atoms with E-state index < -0.39 is 11.9 Å². The second kappa shape index (κ2) is 17.8. The number of esters is 2. The van der Waals surface area contributed by atoms with Gasteiger partial charge in [0, 0.05) is 0 Å². The van der Waals surface area contributed by atoms with Crippen molar-refractivity contribution in [3.05, 3.63) is 83.9 Å². The Bertz CT molecular complexity index is 1310. The van der Waals surface area contributed by atoms with E-state index in [9.17, 15) is 14.4 Å². The van der Waals surface area contributed by atoms with Crippen LogP contribution in [-0.4, -0.2) is 62.7 Å². The molecule has 0 aliphatic heterocycles. The SMILES string of the molecule is CC(C)CC(C(=O)OCCOCCOCCOc1ccc(C(=O)Oc2ccc(-c3ccc(C(=O)O)cc3)cc2)cc1)C(C)C. The topological polar surface area (TPSA) is 118 Å². The molecule has 1 unspecified atom stereocenters. The fraction of sp³-hybridized carbons (Fsp3) is 0.400. The molecule has 0 saturated carbocycles. The maximum Gasteiger partial charge on any atom is 0.343 e. The molecule has 0 radical (unpaired) electrons. The first kappa shape index (κ1) is 34.3. The smallest absolute Gasteiger partial charge is 0.343 e. The van der Waals surface area contributed by atoms with Gasteiger partial charge in [0.25, 0.3) is 0 Å². The van der Waals surface area contributed by atoms with Crippen molar-refractivity contribution in [2.45, 2.75) is 34.1 Å². The van der Waals surface area contributed by atoms with E-state index in [0.717, 1.165) is 17.5 Å². The molecule has 0 saturated heterocycles. The van der Waals surface area contributed by atoms with Gasteiger partial charge in [0.05, 0.1) is 43.5 Å². The number of benzene rings is 3. The van der Waals surface area contributed by atoms with E-state index in [1.54, 1.807) is 72.8 Å². The standard InChI is InChI=1S/C35H42O9/c1-24(2)23-32(25(3)4)35(39)43-22-20-41-18-17-40-19-21-42-30-13-11-29(12-14-30)34(38)44-31-15-9-27(10-16-31)26-5-7-28(8-6-26)33(36)37/h5-16,24-25,32H,17-23H2,1-4H3,(H,36,37). The first-order valence-electron chi connectivity index (χ1n) is 14.8. The minimum absolute atomic E-state index is 0.0901. The number of rotatable bonds is 18. The number of carboxylic acids is 1. The number of hydrogen-bond acceptors (Lipinski definition) is 8. The van der Waals surface area contributed by atoms with Crippen LogP contribution in [0.1, 0.15) is 54.8 Å². The average Bonchev–Trinajstić information content (AvgIpc) is 3.01. The van der Waals surface area contributed by atoms with E-state index in [2.05, 4.69) is 13.8 Å². The molecule has 44 heavy (non-hydrogen) atoms. The summed E-state index contributed by atoms with van der Waals surface area (Å²) in [6.45, 7) is 10.3. The highest BCUT2D eigenvalue weighted by atomic mass is 16.6. The molecule has 0 aromatic heterocycles. The lowest BCUT2D eigenvalue weighted by atomic mass is 9.88. The Balaban J connectivity index is 1.28. The van der Waals surface area contributed by atoms with Crippen LogP contribution in [0.15, 0.2) is 72.8 Å². The lowest BCUT2D eigenvalue weighted by Crippen LogP contribution is -2.25. The zero-order valence-electron chi connectivity index (χ0n) is 25.8. The summed E-state index contributed by atoms with van der Waals surface area (Å²) in [7, 11) is 0. The van der Waals surface area contributed by atoms with Gasteiger partial charge < -0.3 is 28.8 Å². The highest BCUT2D eigenvalue weighted by Gasteiger charge is 2.24. The second-order valence-electron chi connectivity index (χ2n) is 11.0. The molecule has 0 heterocycles. The van der Waals surface area contributed by atoms with E-state index in [1.165, 1.54) is 0 Å². The molecule has 3 aromatic rings. The fourth-order valence-electron chi connectivity index (χ4n) is 4.37. The van der Waals surface area contributed by atoms with E-state index in [1.807, 2.05) is 13.8 Å². The zero-order chi connectivity index (χ0) is 31.9. The van der Waals surface area contributed by atoms with Crippen molar-refractivity contribution in [2.75, 3.05) is 39.6 Å². The Labute approximate surface area is 259 Å². The summed E-state index contributed by atoms with van der Waals surface area (Å²) in [5.41, 5.74) is 2.32. The number of carboxylic acid groups (broad SMARTS) is 1. The van der Waals surface area contributed by atoms with Crippen molar-refractivity contribution >= 4 is 17.9 Å². The van der Waals surface area contributed by atoms with E-state index in [4.69, 9.17) is 28.8 Å². The molecule has 1 N–H and O–H groups in total. The van der Waals surface area contributed by atoms with E-state index in [0.29, 0.717) is 56.0 Å². The fourth-order valence-corrected chi connectivity index (χ4v) is 4.37. The molecule has 9 nitrogen and oxygen atoms in total. The average molecular weight is 607 g/mol. The minimum atomic E-state index is -0.976. The highest BCUT2D eigenvalue weighted by molar-refractivity contribution is 5.91. The van der Waals surface area contributed by atoms with Crippen molar-refractivity contribution < 1.29 is 43.2 Å². The lowest BCUT2D eigenvalue weighted by molar-refractivity contribution is -0.152. The van der Waals surface area contributed by atoms with Crippen LogP contribution in [0.4, 0.5) is 0 Å². The predicted octanol–water partition coefficient (Wildman–Crippen LogP) is 6.54. The summed E-state index contributed by atoms with van der Waals surface area (Å²) in [6.07, 6.45) is 0.816. The van der Waals surface area contributed by atoms with Crippen molar-refractivity contribution in [3.63, 3.8) is 0 Å². The first-order chi connectivity index (χ1) is 21.1. The van der Waals surface area contributed by atoms with Crippen LogP contribution in [-0.2, 0) is 19.0 Å². The number of carbonyl (C=O) groups is 3. The number of aromatic carboxylic acids is 1. The molecule has 0 amide bonds. The van der Waals surface area contributed by atoms with Gasteiger partial charge in [-0.2, -0.15) is 0 Å². The van der Waals surface area contributed by atoms with Crippen LogP contribution in [0.3, 0.4) is 0 Å². The Hall–Kier alpha value is -4.21. The summed E-state index contributed by atoms with van der Waals surface area (Å²) in [5.74, 6) is -0.0547. The van der Waals surface area contributed by atoms with Crippen LogP contribution in [0.5, 0.6) is 11.5 Å². The third-order valence-electron chi connectivity index (χ3n) is 6.79. The molecule has 3 rings (SSSR count). The van der Waals surface area contributed by atoms with Gasteiger partial charge in [0.2, 0.25) is 0 Å². The van der Waals surface area contributed by atoms with Crippen LogP contribution in [0, 0.1) is 17.8 Å². The van der Waals surface area contributed by atoms with Crippen molar-refractivity contribution in [1.82, 2.24) is 0 Å². The van der Waals surface area contributed by atoms with Crippen molar-refractivity contribution in [1.29, 1.82) is 0 Å². The first-order valence-corrected chi connectivity index (χ1v) is 14.8. The monoisotopic (exact) mass is 606 g/mol. The molecule has 3 aromatic carbocycles. The van der Waals surface area contributed by atoms with Gasteiger partial charge in [0.15, 0.2) is 0 Å². The van der Waals surface area contributed by atoms with Crippen molar-refractivity contribution in [3.8, 4) is 22.6 Å². The molecular weight excluding hydrogens is 564 g/mol. The van der Waals surface area contributed by atoms with Crippen LogP contribution < -0.4 is 9.47 Å². The normalized spacial score (nSPS) is 11.8. The quantitative estimate of drug-likeness (QED) is 0.0978. The third-order valence-corrected chi connectivity index (χ3v) is 6.79. The Kier molecular flexibility index (Phi) is 13.9. The highest BCUT2D eigenvalue weighted by Crippen LogP contribution is 2.24. The van der Waals surface area contributed by atoms with Gasteiger partial charge >= 0.3 is 17.9 Å². The number of hydrogen-bond donors (Lipinski definition) is 1. The molecule has 0 aliphatic rings. The largest absolute Gasteiger partial charge is 0.491 e. The molecular formula is C35H42O9. The maximum absolute atomic E-state index is 12.6. The number of ether oxygens (including phenoxy) is 5. The second-order valence-corrected chi connectivity index (χ2v) is 11.0. The Morgan fingerprint density at radius 2 is 1.14 bits per heavy atom. The number of carbonyl (C=O) groups excluding carboxylic acids is 2. The summed E-state index contributed by atoms with van der Waals surface area (Å²) in [6, 6.07) is 20.2. The van der Waals surface area contributed by atoms with E-state index >= 15 is 0 Å². The molecule has 9 heteroatoms. The predicted molar refractivity (Wildman–Crippen MR) is 166 cm³/mol. The van der Waals surface area contributed by atoms with Gasteiger partial charge in [-0.05, 0) is 77.9 Å². The Morgan fingerprint density at radius 3 is 1.68 bits per heavy atom. The molecule has 236 valence electrons.